The number of carbonyl (C=O) groups is 1. The topological polar surface area (TPSA) is 80.0 Å². The van der Waals surface area contributed by atoms with E-state index in [1.165, 1.54) is 0 Å². The first kappa shape index (κ1) is 17.9. The van der Waals surface area contributed by atoms with Crippen LogP contribution in [0.3, 0.4) is 0 Å². The van der Waals surface area contributed by atoms with E-state index in [9.17, 15) is 4.79 Å². The van der Waals surface area contributed by atoms with Gasteiger partial charge in [0.1, 0.15) is 6.04 Å². The first-order valence-corrected chi connectivity index (χ1v) is 7.31. The van der Waals surface area contributed by atoms with Gasteiger partial charge in [0.15, 0.2) is 5.82 Å². The zero-order valence-electron chi connectivity index (χ0n) is 13.0. The minimum Gasteiger partial charge on any atom is -0.344 e. The van der Waals surface area contributed by atoms with Gasteiger partial charge < -0.3 is 15.2 Å². The van der Waals surface area contributed by atoms with Crippen LogP contribution in [0.15, 0.2) is 4.52 Å². The standard InChI is InChI=1S/C14H24N4O2.ClH/c1-8(2)11(16-13(19)9(3)7-15-4)14-17-12(18-20-14)10-5-6-10;/h8-11,15H,5-7H2,1-4H3,(H,16,19);1H. The first-order valence-electron chi connectivity index (χ1n) is 7.31. The molecule has 7 heteroatoms. The second kappa shape index (κ2) is 7.75. The predicted molar refractivity (Wildman–Crippen MR) is 82.3 cm³/mol. The Morgan fingerprint density at radius 1 is 1.38 bits per heavy atom. The fourth-order valence-electron chi connectivity index (χ4n) is 2.09. The number of carbonyl (C=O) groups excluding carboxylic acids is 1. The third-order valence-corrected chi connectivity index (χ3v) is 3.59. The third-order valence-electron chi connectivity index (χ3n) is 3.59. The smallest absolute Gasteiger partial charge is 0.249 e. The quantitative estimate of drug-likeness (QED) is 0.804. The maximum absolute atomic E-state index is 12.1. The predicted octanol–water partition coefficient (Wildman–Crippen LogP) is 2.04. The van der Waals surface area contributed by atoms with Gasteiger partial charge in [0.25, 0.3) is 0 Å². The van der Waals surface area contributed by atoms with Crippen LogP contribution in [0.2, 0.25) is 0 Å². The van der Waals surface area contributed by atoms with Crippen molar-refractivity contribution in [3.63, 3.8) is 0 Å². The zero-order valence-corrected chi connectivity index (χ0v) is 13.9. The Balaban J connectivity index is 0.00000220. The van der Waals surface area contributed by atoms with Gasteiger partial charge in [-0.05, 0) is 25.8 Å². The molecule has 1 fully saturated rings. The van der Waals surface area contributed by atoms with Gasteiger partial charge in [0.2, 0.25) is 11.8 Å². The molecule has 21 heavy (non-hydrogen) atoms. The van der Waals surface area contributed by atoms with Crippen LogP contribution in [0.25, 0.3) is 0 Å². The number of halogens is 1. The molecule has 2 unspecified atom stereocenters. The molecule has 2 N–H and O–H groups in total. The molecule has 0 aliphatic heterocycles. The summed E-state index contributed by atoms with van der Waals surface area (Å²) in [6.45, 7) is 6.61. The van der Waals surface area contributed by atoms with E-state index in [1.807, 2.05) is 27.8 Å². The molecule has 1 saturated carbocycles. The lowest BCUT2D eigenvalue weighted by atomic mass is 10.0. The summed E-state index contributed by atoms with van der Waals surface area (Å²) in [5.74, 6) is 1.87. The van der Waals surface area contributed by atoms with Crippen molar-refractivity contribution in [2.24, 2.45) is 11.8 Å². The monoisotopic (exact) mass is 316 g/mol. The first-order chi connectivity index (χ1) is 9.52. The Morgan fingerprint density at radius 3 is 2.57 bits per heavy atom. The summed E-state index contributed by atoms with van der Waals surface area (Å²) < 4.78 is 5.34. The van der Waals surface area contributed by atoms with Crippen molar-refractivity contribution in [2.45, 2.75) is 45.6 Å². The molecule has 2 rings (SSSR count). The van der Waals surface area contributed by atoms with E-state index in [4.69, 9.17) is 4.52 Å². The van der Waals surface area contributed by atoms with Crippen LogP contribution in [0, 0.1) is 11.8 Å². The lowest BCUT2D eigenvalue weighted by molar-refractivity contribution is -0.125. The fourth-order valence-corrected chi connectivity index (χ4v) is 2.09. The molecule has 1 aromatic rings. The summed E-state index contributed by atoms with van der Waals surface area (Å²) in [4.78, 5) is 16.6. The minimum absolute atomic E-state index is 0. The molecular formula is C14H25ClN4O2. The van der Waals surface area contributed by atoms with Crippen molar-refractivity contribution in [2.75, 3.05) is 13.6 Å². The highest BCUT2D eigenvalue weighted by Crippen LogP contribution is 2.38. The number of nitrogens with zero attached hydrogens (tertiary/aromatic N) is 2. The molecule has 120 valence electrons. The van der Waals surface area contributed by atoms with Gasteiger partial charge in [0.05, 0.1) is 0 Å². The molecule has 1 aromatic heterocycles. The van der Waals surface area contributed by atoms with E-state index in [0.717, 1.165) is 18.7 Å². The number of amides is 1. The molecule has 1 amide bonds. The Morgan fingerprint density at radius 2 is 2.05 bits per heavy atom. The van der Waals surface area contributed by atoms with E-state index in [2.05, 4.69) is 20.8 Å². The van der Waals surface area contributed by atoms with Gasteiger partial charge in [-0.2, -0.15) is 4.98 Å². The van der Waals surface area contributed by atoms with Crippen LogP contribution in [0.4, 0.5) is 0 Å². The molecule has 1 aliphatic carbocycles. The van der Waals surface area contributed by atoms with Crippen LogP contribution >= 0.6 is 12.4 Å². The normalized spacial score (nSPS) is 17.2. The summed E-state index contributed by atoms with van der Waals surface area (Å²) in [5.41, 5.74) is 0. The molecule has 1 aliphatic rings. The Kier molecular flexibility index (Phi) is 6.61. The van der Waals surface area contributed by atoms with E-state index in [1.54, 1.807) is 0 Å². The number of aromatic nitrogens is 2. The van der Waals surface area contributed by atoms with Crippen molar-refractivity contribution in [1.82, 2.24) is 20.8 Å². The lowest BCUT2D eigenvalue weighted by Crippen LogP contribution is -2.38. The highest BCUT2D eigenvalue weighted by atomic mass is 35.5. The molecule has 2 atom stereocenters. The fraction of sp³-hybridized carbons (Fsp3) is 0.786. The van der Waals surface area contributed by atoms with E-state index >= 15 is 0 Å². The van der Waals surface area contributed by atoms with Gasteiger partial charge in [0, 0.05) is 18.4 Å². The third kappa shape index (κ3) is 4.68. The lowest BCUT2D eigenvalue weighted by Gasteiger charge is -2.21. The van der Waals surface area contributed by atoms with Crippen molar-refractivity contribution in [1.29, 1.82) is 0 Å². The average Bonchev–Trinajstić information content (AvgIpc) is 3.14. The van der Waals surface area contributed by atoms with Crippen molar-refractivity contribution < 1.29 is 9.32 Å². The molecule has 1 heterocycles. The summed E-state index contributed by atoms with van der Waals surface area (Å²) in [7, 11) is 1.84. The average molecular weight is 317 g/mol. The second-order valence-electron chi connectivity index (χ2n) is 5.95. The Hall–Kier alpha value is -1.14. The maximum atomic E-state index is 12.1. The largest absolute Gasteiger partial charge is 0.344 e. The van der Waals surface area contributed by atoms with Crippen molar-refractivity contribution >= 4 is 18.3 Å². The van der Waals surface area contributed by atoms with Gasteiger partial charge >= 0.3 is 0 Å². The maximum Gasteiger partial charge on any atom is 0.249 e. The van der Waals surface area contributed by atoms with Crippen molar-refractivity contribution in [3.05, 3.63) is 11.7 Å². The summed E-state index contributed by atoms with van der Waals surface area (Å²) in [6, 6.07) is -0.221. The second-order valence-corrected chi connectivity index (χ2v) is 5.95. The van der Waals surface area contributed by atoms with Gasteiger partial charge in [-0.25, -0.2) is 0 Å². The summed E-state index contributed by atoms with van der Waals surface area (Å²) in [6.07, 6.45) is 2.27. The summed E-state index contributed by atoms with van der Waals surface area (Å²) in [5, 5.41) is 10.0. The molecule has 0 saturated heterocycles. The number of hydrogen-bond acceptors (Lipinski definition) is 5. The van der Waals surface area contributed by atoms with E-state index in [-0.39, 0.29) is 36.2 Å². The molecule has 0 radical (unpaired) electrons. The van der Waals surface area contributed by atoms with Crippen LogP contribution in [0.1, 0.15) is 57.3 Å². The summed E-state index contributed by atoms with van der Waals surface area (Å²) >= 11 is 0. The van der Waals surface area contributed by atoms with Gasteiger partial charge in [-0.15, -0.1) is 12.4 Å². The van der Waals surface area contributed by atoms with E-state index in [0.29, 0.717) is 18.4 Å². The number of nitrogens with one attached hydrogen (secondary N) is 2. The highest BCUT2D eigenvalue weighted by molar-refractivity contribution is 5.85. The molecule has 0 aromatic carbocycles. The molecule has 0 bridgehead atoms. The molecule has 6 nitrogen and oxygen atoms in total. The van der Waals surface area contributed by atoms with Crippen molar-refractivity contribution in [3.8, 4) is 0 Å². The number of rotatable bonds is 7. The molecule has 0 spiro atoms. The Bertz CT molecular complexity index is 460. The minimum atomic E-state index is -0.221. The number of hydrogen-bond donors (Lipinski definition) is 2. The van der Waals surface area contributed by atoms with E-state index < -0.39 is 0 Å². The highest BCUT2D eigenvalue weighted by Gasteiger charge is 2.32. The molecular weight excluding hydrogens is 292 g/mol. The van der Waals surface area contributed by atoms with Crippen LogP contribution in [-0.4, -0.2) is 29.6 Å². The SMILES string of the molecule is CNCC(C)C(=O)NC(c1nc(C2CC2)no1)C(C)C.Cl. The Labute approximate surface area is 131 Å². The van der Waals surface area contributed by atoms with Gasteiger partial charge in [-0.3, -0.25) is 4.79 Å². The van der Waals surface area contributed by atoms with Crippen LogP contribution in [-0.2, 0) is 4.79 Å². The zero-order chi connectivity index (χ0) is 14.7. The van der Waals surface area contributed by atoms with Gasteiger partial charge in [-0.1, -0.05) is 25.9 Å². The van der Waals surface area contributed by atoms with Crippen LogP contribution in [0.5, 0.6) is 0 Å². The van der Waals surface area contributed by atoms with Crippen LogP contribution < -0.4 is 10.6 Å².